The van der Waals surface area contributed by atoms with E-state index in [1.165, 1.54) is 58.4 Å². The van der Waals surface area contributed by atoms with Crippen LogP contribution in [0.3, 0.4) is 0 Å². The van der Waals surface area contributed by atoms with Gasteiger partial charge in [0, 0.05) is 63.9 Å². The van der Waals surface area contributed by atoms with Crippen molar-refractivity contribution in [1.29, 1.82) is 0 Å². The first-order valence-corrected chi connectivity index (χ1v) is 24.7. The summed E-state index contributed by atoms with van der Waals surface area (Å²) in [6.07, 6.45) is 0. The van der Waals surface area contributed by atoms with E-state index in [0.29, 0.717) is 17.5 Å². The minimum absolute atomic E-state index is 0.559. The van der Waals surface area contributed by atoms with E-state index in [-0.39, 0.29) is 0 Å². The molecule has 0 unspecified atom stereocenters. The molecular formula is C64H39N5OS. The van der Waals surface area contributed by atoms with Gasteiger partial charge in [-0.3, -0.25) is 0 Å². The lowest BCUT2D eigenvalue weighted by Gasteiger charge is -2.15. The smallest absolute Gasteiger partial charge is 0.168 e. The molecule has 5 heterocycles. The predicted molar refractivity (Wildman–Crippen MR) is 295 cm³/mol. The van der Waals surface area contributed by atoms with Crippen LogP contribution in [0.2, 0.25) is 0 Å². The molecule has 0 aliphatic rings. The van der Waals surface area contributed by atoms with Crippen LogP contribution in [0.25, 0.3) is 142 Å². The van der Waals surface area contributed by atoms with Gasteiger partial charge in [-0.1, -0.05) is 146 Å². The fraction of sp³-hybridized carbons (Fsp3) is 0.0156. The van der Waals surface area contributed by atoms with Gasteiger partial charge in [0.25, 0.3) is 0 Å². The molecule has 0 saturated heterocycles. The number of hydrogen-bond acceptors (Lipinski definition) is 5. The first-order valence-electron chi connectivity index (χ1n) is 23.9. The van der Waals surface area contributed by atoms with E-state index in [2.05, 4.69) is 168 Å². The molecule has 332 valence electrons. The maximum atomic E-state index is 7.07. The third-order valence-electron chi connectivity index (χ3n) is 14.3. The lowest BCUT2D eigenvalue weighted by Crippen LogP contribution is -2.03. The summed E-state index contributed by atoms with van der Waals surface area (Å²) in [5, 5.41) is 9.39. The van der Waals surface area contributed by atoms with Gasteiger partial charge in [0.2, 0.25) is 0 Å². The van der Waals surface area contributed by atoms with E-state index < -0.39 is 0 Å². The number of thiophene rings is 1. The molecule has 0 amide bonds. The van der Waals surface area contributed by atoms with Gasteiger partial charge in [-0.2, -0.15) is 0 Å². The van der Waals surface area contributed by atoms with Crippen LogP contribution in [-0.2, 0) is 0 Å². The molecule has 0 fully saturated rings. The lowest BCUT2D eigenvalue weighted by molar-refractivity contribution is 0.669. The quantitative estimate of drug-likeness (QED) is 0.167. The Kier molecular flexibility index (Phi) is 8.64. The highest BCUT2D eigenvalue weighted by Crippen LogP contribution is 2.48. The third kappa shape index (κ3) is 6.03. The predicted octanol–water partition coefficient (Wildman–Crippen LogP) is 17.3. The Morgan fingerprint density at radius 2 is 0.915 bits per heavy atom. The fourth-order valence-corrected chi connectivity index (χ4v) is 12.2. The molecule has 0 aliphatic heterocycles. The average Bonchev–Trinajstić information content (AvgIpc) is 4.19. The summed E-state index contributed by atoms with van der Waals surface area (Å²) in [6, 6.07) is 77.9. The average molecular weight is 926 g/mol. The molecule has 0 atom stereocenters. The van der Waals surface area contributed by atoms with E-state index in [9.17, 15) is 0 Å². The lowest BCUT2D eigenvalue weighted by atomic mass is 9.99. The van der Waals surface area contributed by atoms with Crippen LogP contribution in [0.5, 0.6) is 0 Å². The van der Waals surface area contributed by atoms with Crippen molar-refractivity contribution >= 4 is 97.1 Å². The second-order valence-corrected chi connectivity index (χ2v) is 19.4. The molecule has 0 bridgehead atoms. The Morgan fingerprint density at radius 1 is 0.380 bits per heavy atom. The highest BCUT2D eigenvalue weighted by molar-refractivity contribution is 7.25. The van der Waals surface area contributed by atoms with E-state index in [0.717, 1.165) is 72.1 Å². The first kappa shape index (κ1) is 39.8. The summed E-state index contributed by atoms with van der Waals surface area (Å²) in [6.45, 7) is 2.15. The van der Waals surface area contributed by atoms with E-state index in [1.54, 1.807) is 0 Å². The van der Waals surface area contributed by atoms with Gasteiger partial charge in [-0.25, -0.2) is 15.0 Å². The normalized spacial score (nSPS) is 12.0. The number of rotatable bonds is 6. The van der Waals surface area contributed by atoms with Crippen LogP contribution in [0.4, 0.5) is 0 Å². The zero-order chi connectivity index (χ0) is 46.7. The summed E-state index contributed by atoms with van der Waals surface area (Å²) in [5.74, 6) is 1.76. The molecule has 15 aromatic rings. The van der Waals surface area contributed by atoms with Crippen molar-refractivity contribution in [3.63, 3.8) is 0 Å². The van der Waals surface area contributed by atoms with Crippen LogP contribution in [0.15, 0.2) is 223 Å². The van der Waals surface area contributed by atoms with E-state index in [4.69, 9.17) is 19.4 Å². The van der Waals surface area contributed by atoms with Crippen LogP contribution in [0.1, 0.15) is 5.56 Å². The van der Waals surface area contributed by atoms with Crippen LogP contribution in [-0.4, -0.2) is 24.1 Å². The Hall–Kier alpha value is -9.17. The molecule has 71 heavy (non-hydrogen) atoms. The molecule has 15 rings (SSSR count). The summed E-state index contributed by atoms with van der Waals surface area (Å²) in [5.41, 5.74) is 14.2. The van der Waals surface area contributed by atoms with Gasteiger partial charge in [0.1, 0.15) is 11.2 Å². The first-order chi connectivity index (χ1) is 35.1. The van der Waals surface area contributed by atoms with Crippen LogP contribution in [0, 0.1) is 6.92 Å². The molecule has 5 aromatic heterocycles. The Morgan fingerprint density at radius 3 is 1.66 bits per heavy atom. The van der Waals surface area contributed by atoms with Gasteiger partial charge < -0.3 is 13.6 Å². The number of benzene rings is 10. The topological polar surface area (TPSA) is 61.7 Å². The summed E-state index contributed by atoms with van der Waals surface area (Å²) in [4.78, 5) is 15.5. The van der Waals surface area contributed by atoms with Crippen molar-refractivity contribution in [1.82, 2.24) is 24.1 Å². The molecule has 7 heteroatoms. The minimum Gasteiger partial charge on any atom is -0.455 e. The molecule has 0 aliphatic carbocycles. The highest BCUT2D eigenvalue weighted by Gasteiger charge is 2.27. The van der Waals surface area contributed by atoms with Crippen molar-refractivity contribution in [2.75, 3.05) is 0 Å². The van der Waals surface area contributed by atoms with E-state index >= 15 is 0 Å². The van der Waals surface area contributed by atoms with E-state index in [1.807, 2.05) is 78.1 Å². The van der Waals surface area contributed by atoms with Crippen LogP contribution >= 0.6 is 11.3 Å². The number of furan rings is 1. The molecule has 6 nitrogen and oxygen atoms in total. The molecule has 0 saturated carbocycles. The van der Waals surface area contributed by atoms with Crippen LogP contribution < -0.4 is 0 Å². The summed E-state index contributed by atoms with van der Waals surface area (Å²) in [7, 11) is 0. The SMILES string of the molecule is Cc1cc(-n2c3ccc(-c4ccc5sc6ccccc6c5c4)cc3c3c4c5ccccc5n(-c5ccccc5)c4ccc32)c2c(oc3ccccc32)c1-c1nc(-c2ccccc2)nc(-c2ccccc2)n1. The zero-order valence-electron chi connectivity index (χ0n) is 38.3. The highest BCUT2D eigenvalue weighted by atomic mass is 32.1. The maximum Gasteiger partial charge on any atom is 0.168 e. The van der Waals surface area contributed by atoms with Gasteiger partial charge in [0.15, 0.2) is 17.5 Å². The minimum atomic E-state index is 0.559. The second-order valence-electron chi connectivity index (χ2n) is 18.3. The Labute approximate surface area is 411 Å². The molecule has 0 N–H and O–H groups in total. The summed E-state index contributed by atoms with van der Waals surface area (Å²) >= 11 is 1.85. The van der Waals surface area contributed by atoms with Crippen molar-refractivity contribution in [2.24, 2.45) is 0 Å². The van der Waals surface area contributed by atoms with Gasteiger partial charge in [-0.05, 0) is 96.4 Å². The number of para-hydroxylation sites is 3. The number of hydrogen-bond donors (Lipinski definition) is 0. The van der Waals surface area contributed by atoms with Gasteiger partial charge >= 0.3 is 0 Å². The molecular weight excluding hydrogens is 887 g/mol. The molecule has 0 radical (unpaired) electrons. The Balaban J connectivity index is 1.05. The molecule has 0 spiro atoms. The Bertz CT molecular complexity index is 4580. The van der Waals surface area contributed by atoms with Crippen molar-refractivity contribution < 1.29 is 4.42 Å². The standard InChI is InChI=1S/C64H39N5OS/c1-38-35-53(60-46-25-12-15-27-54(46)70-61(60)57(38)64-66-62(39-17-5-2-6-18-39)65-63(67-64)40-19-7-3-8-20-40)69-50-31-29-41(42-30-34-56-47(36-42)44-23-13-16-28-55(44)71-56)37-48(50)59-52(69)33-32-51-58(59)45-24-11-14-26-49(45)68(51)43-21-9-4-10-22-43/h2-37H,1H3. The largest absolute Gasteiger partial charge is 0.455 e. The third-order valence-corrected chi connectivity index (χ3v) is 15.4. The second kappa shape index (κ2) is 15.4. The maximum absolute atomic E-state index is 7.07. The number of fused-ring (bicyclic) bond motifs is 13. The monoisotopic (exact) mass is 925 g/mol. The summed E-state index contributed by atoms with van der Waals surface area (Å²) < 4.78 is 14.6. The van der Waals surface area contributed by atoms with Crippen molar-refractivity contribution in [3.8, 4) is 56.7 Å². The number of aryl methyl sites for hydroxylation is 1. The number of aromatic nitrogens is 5. The zero-order valence-corrected chi connectivity index (χ0v) is 39.2. The van der Waals surface area contributed by atoms with Crippen molar-refractivity contribution in [3.05, 3.63) is 224 Å². The fourth-order valence-electron chi connectivity index (χ4n) is 11.1. The van der Waals surface area contributed by atoms with Gasteiger partial charge in [0.05, 0.1) is 38.7 Å². The van der Waals surface area contributed by atoms with Gasteiger partial charge in [-0.15, -0.1) is 11.3 Å². The van der Waals surface area contributed by atoms with Crippen molar-refractivity contribution in [2.45, 2.75) is 6.92 Å². The molecule has 10 aromatic carbocycles. The number of nitrogens with zero attached hydrogens (tertiary/aromatic N) is 5.